The van der Waals surface area contributed by atoms with E-state index in [1.54, 1.807) is 0 Å². The van der Waals surface area contributed by atoms with Crippen molar-refractivity contribution in [1.82, 2.24) is 9.97 Å². The number of hydrogen-bond acceptors (Lipinski definition) is 3. The summed E-state index contributed by atoms with van der Waals surface area (Å²) >= 11 is 0. The first kappa shape index (κ1) is 17.8. The Morgan fingerprint density at radius 2 is 1.52 bits per heavy atom. The van der Waals surface area contributed by atoms with Gasteiger partial charge in [0.1, 0.15) is 5.58 Å². The van der Waals surface area contributed by atoms with Crippen LogP contribution in [0.5, 0.6) is 0 Å². The van der Waals surface area contributed by atoms with E-state index in [-0.39, 0.29) is 0 Å². The first-order valence-corrected chi connectivity index (χ1v) is 10.4. The molecule has 0 aliphatic rings. The van der Waals surface area contributed by atoms with Gasteiger partial charge in [-0.1, -0.05) is 48.5 Å². The molecule has 0 saturated carbocycles. The predicted molar refractivity (Wildman–Crippen MR) is 127 cm³/mol. The Balaban J connectivity index is 1.57. The fraction of sp³-hybridized carbons (Fsp3) is 0.0714. The molecule has 3 heteroatoms. The lowest BCUT2D eigenvalue weighted by Gasteiger charge is -2.10. The summed E-state index contributed by atoms with van der Waals surface area (Å²) in [6.45, 7) is 4.13. The molecule has 0 N–H and O–H groups in total. The Labute approximate surface area is 180 Å². The van der Waals surface area contributed by atoms with Crippen LogP contribution in [0.2, 0.25) is 0 Å². The lowest BCUT2D eigenvalue weighted by Crippen LogP contribution is -1.88. The maximum atomic E-state index is 6.20. The minimum Gasteiger partial charge on any atom is -0.437 e. The van der Waals surface area contributed by atoms with Gasteiger partial charge in [-0.3, -0.25) is 4.98 Å². The van der Waals surface area contributed by atoms with Crippen LogP contribution in [0, 0.1) is 13.8 Å². The first-order chi connectivity index (χ1) is 15.2. The van der Waals surface area contributed by atoms with Crippen LogP contribution in [0.4, 0.5) is 0 Å². The summed E-state index contributed by atoms with van der Waals surface area (Å²) in [5.74, 6) is 0. The van der Waals surface area contributed by atoms with Gasteiger partial charge in [-0.2, -0.15) is 0 Å². The molecule has 3 aromatic heterocycles. The second kappa shape index (κ2) is 6.78. The second-order valence-corrected chi connectivity index (χ2v) is 8.00. The average Bonchev–Trinajstić information content (AvgIpc) is 3.17. The Hall–Kier alpha value is -3.98. The number of furan rings is 1. The summed E-state index contributed by atoms with van der Waals surface area (Å²) in [7, 11) is 0. The third-order valence-corrected chi connectivity index (χ3v) is 5.99. The first-order valence-electron chi connectivity index (χ1n) is 10.4. The highest BCUT2D eigenvalue weighted by atomic mass is 16.3. The van der Waals surface area contributed by atoms with Crippen molar-refractivity contribution in [3.8, 4) is 22.4 Å². The number of benzene rings is 3. The van der Waals surface area contributed by atoms with Gasteiger partial charge in [0, 0.05) is 28.2 Å². The lowest BCUT2D eigenvalue weighted by molar-refractivity contribution is 0.653. The number of hydrogen-bond donors (Lipinski definition) is 0. The van der Waals surface area contributed by atoms with Crippen molar-refractivity contribution in [3.63, 3.8) is 0 Å². The van der Waals surface area contributed by atoms with Gasteiger partial charge in [0.25, 0.3) is 0 Å². The van der Waals surface area contributed by atoms with Gasteiger partial charge in [0.15, 0.2) is 0 Å². The molecule has 0 atom stereocenters. The molecule has 3 heterocycles. The van der Waals surface area contributed by atoms with Crippen LogP contribution in [0.25, 0.3) is 55.2 Å². The van der Waals surface area contributed by atoms with Gasteiger partial charge in [0.05, 0.1) is 5.69 Å². The fourth-order valence-corrected chi connectivity index (χ4v) is 4.42. The molecule has 0 saturated heterocycles. The summed E-state index contributed by atoms with van der Waals surface area (Å²) in [5.41, 5.74) is 7.94. The quantitative estimate of drug-likeness (QED) is 0.302. The van der Waals surface area contributed by atoms with E-state index in [4.69, 9.17) is 9.40 Å². The van der Waals surface area contributed by atoms with Gasteiger partial charge in [-0.25, -0.2) is 4.98 Å². The van der Waals surface area contributed by atoms with Gasteiger partial charge in [0.2, 0.25) is 5.71 Å². The standard InChI is InChI=1S/C28H20N2O/c1-17-10-12-21(22-7-4-3-6-20(17)22)19-14-15-29-26(16-19)25-9-5-8-23-24-13-11-18(2)30-28(24)31-27(23)25/h3-16H,1-2H3. The van der Waals surface area contributed by atoms with Crippen molar-refractivity contribution < 1.29 is 4.42 Å². The molecule has 0 aliphatic heterocycles. The number of rotatable bonds is 2. The molecule has 0 spiro atoms. The topological polar surface area (TPSA) is 38.9 Å². The van der Waals surface area contributed by atoms with Crippen molar-refractivity contribution in [3.05, 3.63) is 96.3 Å². The molecule has 0 amide bonds. The van der Waals surface area contributed by atoms with E-state index in [0.29, 0.717) is 5.71 Å². The summed E-state index contributed by atoms with van der Waals surface area (Å²) in [6.07, 6.45) is 1.88. The maximum Gasteiger partial charge on any atom is 0.227 e. The van der Waals surface area contributed by atoms with E-state index in [9.17, 15) is 0 Å². The van der Waals surface area contributed by atoms with Crippen LogP contribution < -0.4 is 0 Å². The zero-order valence-corrected chi connectivity index (χ0v) is 17.4. The molecule has 148 valence electrons. The minimum absolute atomic E-state index is 0.670. The molecule has 0 fully saturated rings. The van der Waals surface area contributed by atoms with Crippen LogP contribution in [0.15, 0.2) is 89.5 Å². The highest BCUT2D eigenvalue weighted by Crippen LogP contribution is 2.37. The SMILES string of the molecule is Cc1ccc2c(n1)oc1c(-c3cc(-c4ccc(C)c5ccccc45)ccn3)cccc12. The van der Waals surface area contributed by atoms with Crippen molar-refractivity contribution in [2.75, 3.05) is 0 Å². The molecule has 3 aromatic carbocycles. The third-order valence-electron chi connectivity index (χ3n) is 5.99. The number of aromatic nitrogens is 2. The molecule has 6 rings (SSSR count). The van der Waals surface area contributed by atoms with E-state index in [2.05, 4.69) is 84.7 Å². The zero-order valence-electron chi connectivity index (χ0n) is 17.4. The zero-order chi connectivity index (χ0) is 20.9. The van der Waals surface area contributed by atoms with Gasteiger partial charge < -0.3 is 4.42 Å². The third kappa shape index (κ3) is 2.82. The van der Waals surface area contributed by atoms with Crippen LogP contribution in [0.1, 0.15) is 11.3 Å². The van der Waals surface area contributed by atoms with Crippen molar-refractivity contribution >= 4 is 32.8 Å². The number of nitrogens with zero attached hydrogens (tertiary/aromatic N) is 2. The molecular weight excluding hydrogens is 380 g/mol. The van der Waals surface area contributed by atoms with E-state index >= 15 is 0 Å². The molecule has 0 radical (unpaired) electrons. The number of fused-ring (bicyclic) bond motifs is 4. The predicted octanol–water partition coefficient (Wildman–Crippen LogP) is 7.48. The van der Waals surface area contributed by atoms with Crippen LogP contribution in [-0.2, 0) is 0 Å². The van der Waals surface area contributed by atoms with E-state index in [1.807, 2.05) is 19.2 Å². The van der Waals surface area contributed by atoms with Gasteiger partial charge in [-0.05, 0) is 71.6 Å². The Morgan fingerprint density at radius 3 is 2.42 bits per heavy atom. The Morgan fingerprint density at radius 1 is 0.677 bits per heavy atom. The maximum absolute atomic E-state index is 6.20. The molecular formula is C28H20N2O. The number of pyridine rings is 2. The van der Waals surface area contributed by atoms with Gasteiger partial charge in [-0.15, -0.1) is 0 Å². The molecule has 0 aliphatic carbocycles. The number of aryl methyl sites for hydroxylation is 2. The summed E-state index contributed by atoms with van der Waals surface area (Å²) in [6, 6.07) is 27.5. The van der Waals surface area contributed by atoms with E-state index in [1.165, 1.54) is 21.9 Å². The van der Waals surface area contributed by atoms with Crippen LogP contribution in [-0.4, -0.2) is 9.97 Å². The largest absolute Gasteiger partial charge is 0.437 e. The van der Waals surface area contributed by atoms with Crippen LogP contribution >= 0.6 is 0 Å². The summed E-state index contributed by atoms with van der Waals surface area (Å²) < 4.78 is 6.20. The van der Waals surface area contributed by atoms with Crippen molar-refractivity contribution in [2.24, 2.45) is 0 Å². The van der Waals surface area contributed by atoms with E-state index in [0.717, 1.165) is 38.9 Å². The fourth-order valence-electron chi connectivity index (χ4n) is 4.42. The summed E-state index contributed by atoms with van der Waals surface area (Å²) in [4.78, 5) is 9.26. The highest BCUT2D eigenvalue weighted by Gasteiger charge is 2.15. The smallest absolute Gasteiger partial charge is 0.227 e. The molecule has 0 bridgehead atoms. The Bertz CT molecular complexity index is 1610. The second-order valence-electron chi connectivity index (χ2n) is 8.00. The van der Waals surface area contributed by atoms with Gasteiger partial charge >= 0.3 is 0 Å². The van der Waals surface area contributed by atoms with Crippen molar-refractivity contribution in [1.29, 1.82) is 0 Å². The average molecular weight is 400 g/mol. The number of para-hydroxylation sites is 1. The monoisotopic (exact) mass is 400 g/mol. The van der Waals surface area contributed by atoms with E-state index < -0.39 is 0 Å². The van der Waals surface area contributed by atoms with Crippen molar-refractivity contribution in [2.45, 2.75) is 13.8 Å². The Kier molecular flexibility index (Phi) is 3.90. The molecule has 3 nitrogen and oxygen atoms in total. The molecule has 31 heavy (non-hydrogen) atoms. The minimum atomic E-state index is 0.670. The summed E-state index contributed by atoms with van der Waals surface area (Å²) in [5, 5.41) is 4.62. The molecule has 6 aromatic rings. The normalized spacial score (nSPS) is 11.5. The molecule has 0 unspecified atom stereocenters. The van der Waals surface area contributed by atoms with Crippen LogP contribution in [0.3, 0.4) is 0 Å². The highest BCUT2D eigenvalue weighted by molar-refractivity contribution is 6.08. The lowest BCUT2D eigenvalue weighted by atomic mass is 9.95.